The number of hydrogen-bond donors (Lipinski definition) is 1. The number of pyridine rings is 1. The van der Waals surface area contributed by atoms with Crippen LogP contribution in [0.1, 0.15) is 23.7 Å². The molecule has 0 saturated heterocycles. The molecular weight excluding hydrogens is 288 g/mol. The number of carbonyl (C=O) groups is 2. The van der Waals surface area contributed by atoms with Crippen LogP contribution in [0.2, 0.25) is 0 Å². The molecule has 6 heteroatoms. The highest BCUT2D eigenvalue weighted by molar-refractivity contribution is 9.10. The predicted octanol–water partition coefficient (Wildman–Crippen LogP) is 1.53. The van der Waals surface area contributed by atoms with E-state index in [1.165, 1.54) is 0 Å². The van der Waals surface area contributed by atoms with Crippen molar-refractivity contribution in [2.75, 3.05) is 13.2 Å². The van der Waals surface area contributed by atoms with Gasteiger partial charge in [-0.1, -0.05) is 0 Å². The highest BCUT2D eigenvalue weighted by Gasteiger charge is 2.10. The van der Waals surface area contributed by atoms with Gasteiger partial charge in [0.25, 0.3) is 5.91 Å². The molecule has 5 nitrogen and oxygen atoms in total. The topological polar surface area (TPSA) is 68.3 Å². The second-order valence-electron chi connectivity index (χ2n) is 3.15. The molecular formula is C11H13BrN2O3. The van der Waals surface area contributed by atoms with Gasteiger partial charge in [0.2, 0.25) is 0 Å². The molecule has 0 fully saturated rings. The van der Waals surface area contributed by atoms with Crippen LogP contribution in [0, 0.1) is 0 Å². The number of nitrogens with one attached hydrogen (secondary N) is 1. The second-order valence-corrected chi connectivity index (χ2v) is 3.90. The Bertz CT molecular complexity index is 409. The van der Waals surface area contributed by atoms with Crippen molar-refractivity contribution in [1.82, 2.24) is 10.3 Å². The van der Waals surface area contributed by atoms with Gasteiger partial charge in [-0.25, -0.2) is 4.98 Å². The number of carbonyl (C=O) groups excluding carboxylic acids is 2. The van der Waals surface area contributed by atoms with E-state index in [-0.39, 0.29) is 24.8 Å². The van der Waals surface area contributed by atoms with E-state index in [2.05, 4.69) is 26.2 Å². The van der Waals surface area contributed by atoms with Crippen molar-refractivity contribution < 1.29 is 14.3 Å². The maximum absolute atomic E-state index is 11.7. The SMILES string of the molecule is CCOC(=O)CCNC(=O)c1cccnc1Br. The van der Waals surface area contributed by atoms with Gasteiger partial charge in [-0.05, 0) is 35.0 Å². The average molecular weight is 301 g/mol. The fraction of sp³-hybridized carbons (Fsp3) is 0.364. The fourth-order valence-corrected chi connectivity index (χ4v) is 1.59. The monoisotopic (exact) mass is 300 g/mol. The highest BCUT2D eigenvalue weighted by atomic mass is 79.9. The Morgan fingerprint density at radius 3 is 2.94 bits per heavy atom. The van der Waals surface area contributed by atoms with E-state index in [0.29, 0.717) is 16.8 Å². The zero-order valence-electron chi connectivity index (χ0n) is 9.40. The van der Waals surface area contributed by atoms with Crippen LogP contribution < -0.4 is 5.32 Å². The summed E-state index contributed by atoms with van der Waals surface area (Å²) in [6.07, 6.45) is 1.75. The molecule has 1 amide bonds. The largest absolute Gasteiger partial charge is 0.466 e. The van der Waals surface area contributed by atoms with Crippen LogP contribution in [0.3, 0.4) is 0 Å². The van der Waals surface area contributed by atoms with Crippen LogP contribution in [0.4, 0.5) is 0 Å². The first-order chi connectivity index (χ1) is 8.15. The van der Waals surface area contributed by atoms with E-state index in [9.17, 15) is 9.59 Å². The minimum Gasteiger partial charge on any atom is -0.466 e. The number of halogens is 1. The van der Waals surface area contributed by atoms with Crippen molar-refractivity contribution in [2.45, 2.75) is 13.3 Å². The molecule has 17 heavy (non-hydrogen) atoms. The molecule has 1 heterocycles. The number of amides is 1. The molecule has 0 radical (unpaired) electrons. The number of rotatable bonds is 5. The summed E-state index contributed by atoms with van der Waals surface area (Å²) in [4.78, 5) is 26.6. The van der Waals surface area contributed by atoms with Crippen LogP contribution in [-0.2, 0) is 9.53 Å². The molecule has 0 saturated carbocycles. The Morgan fingerprint density at radius 1 is 1.53 bits per heavy atom. The van der Waals surface area contributed by atoms with Crippen molar-refractivity contribution >= 4 is 27.8 Å². The van der Waals surface area contributed by atoms with E-state index >= 15 is 0 Å². The number of nitrogens with zero attached hydrogens (tertiary/aromatic N) is 1. The lowest BCUT2D eigenvalue weighted by molar-refractivity contribution is -0.142. The second kappa shape index (κ2) is 7.01. The summed E-state index contributed by atoms with van der Waals surface area (Å²) in [5, 5.41) is 2.62. The summed E-state index contributed by atoms with van der Waals surface area (Å²) in [7, 11) is 0. The van der Waals surface area contributed by atoms with Crippen molar-refractivity contribution in [1.29, 1.82) is 0 Å². The van der Waals surface area contributed by atoms with Crippen molar-refractivity contribution in [3.8, 4) is 0 Å². The molecule has 0 aliphatic heterocycles. The van der Waals surface area contributed by atoms with Gasteiger partial charge in [-0.2, -0.15) is 0 Å². The third-order valence-corrected chi connectivity index (χ3v) is 2.56. The summed E-state index contributed by atoms with van der Waals surface area (Å²) in [5.74, 6) is -0.590. The maximum atomic E-state index is 11.7. The summed E-state index contributed by atoms with van der Waals surface area (Å²) >= 11 is 3.18. The number of aromatic nitrogens is 1. The van der Waals surface area contributed by atoms with Gasteiger partial charge in [0.05, 0.1) is 18.6 Å². The number of ether oxygens (including phenoxy) is 1. The summed E-state index contributed by atoms with van der Waals surface area (Å²) in [6.45, 7) is 2.34. The lowest BCUT2D eigenvalue weighted by atomic mass is 10.2. The van der Waals surface area contributed by atoms with Crippen LogP contribution in [0.25, 0.3) is 0 Å². The molecule has 0 unspecified atom stereocenters. The quantitative estimate of drug-likeness (QED) is 0.661. The number of esters is 1. The Hall–Kier alpha value is -1.43. The van der Waals surface area contributed by atoms with Crippen LogP contribution in [-0.4, -0.2) is 30.0 Å². The zero-order valence-corrected chi connectivity index (χ0v) is 11.0. The first kappa shape index (κ1) is 13.6. The van der Waals surface area contributed by atoms with E-state index in [1.54, 1.807) is 25.3 Å². The van der Waals surface area contributed by atoms with Gasteiger partial charge in [0.15, 0.2) is 0 Å². The molecule has 1 rings (SSSR count). The Kier molecular flexibility index (Phi) is 5.62. The Labute approximate surface area is 108 Å². The molecule has 0 aromatic carbocycles. The highest BCUT2D eigenvalue weighted by Crippen LogP contribution is 2.11. The Balaban J connectivity index is 2.41. The van der Waals surface area contributed by atoms with E-state index < -0.39 is 0 Å². The molecule has 1 aromatic heterocycles. The predicted molar refractivity (Wildman–Crippen MR) is 65.5 cm³/mol. The summed E-state index contributed by atoms with van der Waals surface area (Å²) in [6, 6.07) is 3.32. The lowest BCUT2D eigenvalue weighted by Crippen LogP contribution is -2.27. The van der Waals surface area contributed by atoms with Gasteiger partial charge >= 0.3 is 5.97 Å². The molecule has 0 atom stereocenters. The van der Waals surface area contributed by atoms with Crippen molar-refractivity contribution in [3.63, 3.8) is 0 Å². The van der Waals surface area contributed by atoms with Crippen molar-refractivity contribution in [3.05, 3.63) is 28.5 Å². The van der Waals surface area contributed by atoms with Crippen LogP contribution in [0.5, 0.6) is 0 Å². The third kappa shape index (κ3) is 4.52. The van der Waals surface area contributed by atoms with Gasteiger partial charge in [-0.3, -0.25) is 9.59 Å². The normalized spacial score (nSPS) is 9.76. The standard InChI is InChI=1S/C11H13BrN2O3/c1-2-17-9(15)5-7-14-11(16)8-4-3-6-13-10(8)12/h3-4,6H,2,5,7H2,1H3,(H,14,16). The van der Waals surface area contributed by atoms with E-state index in [0.717, 1.165) is 0 Å². The van der Waals surface area contributed by atoms with E-state index in [4.69, 9.17) is 4.74 Å². The molecule has 1 aromatic rings. The number of hydrogen-bond acceptors (Lipinski definition) is 4. The average Bonchev–Trinajstić information content (AvgIpc) is 2.29. The molecule has 0 aliphatic rings. The summed E-state index contributed by atoms with van der Waals surface area (Å²) < 4.78 is 5.22. The van der Waals surface area contributed by atoms with Crippen molar-refractivity contribution in [2.24, 2.45) is 0 Å². The van der Waals surface area contributed by atoms with Gasteiger partial charge in [0, 0.05) is 12.7 Å². The molecule has 1 N–H and O–H groups in total. The minimum absolute atomic E-state index is 0.164. The van der Waals surface area contributed by atoms with Gasteiger partial charge < -0.3 is 10.1 Å². The first-order valence-electron chi connectivity index (χ1n) is 5.19. The zero-order chi connectivity index (χ0) is 12.7. The molecule has 0 bridgehead atoms. The maximum Gasteiger partial charge on any atom is 0.307 e. The molecule has 0 spiro atoms. The minimum atomic E-state index is -0.321. The molecule has 92 valence electrons. The Morgan fingerprint density at radius 2 is 2.29 bits per heavy atom. The van der Waals surface area contributed by atoms with E-state index in [1.807, 2.05) is 0 Å². The molecule has 0 aliphatic carbocycles. The third-order valence-electron chi connectivity index (χ3n) is 1.92. The smallest absolute Gasteiger partial charge is 0.307 e. The van der Waals surface area contributed by atoms with Crippen LogP contribution in [0.15, 0.2) is 22.9 Å². The first-order valence-corrected chi connectivity index (χ1v) is 5.98. The summed E-state index contributed by atoms with van der Waals surface area (Å²) in [5.41, 5.74) is 0.441. The van der Waals surface area contributed by atoms with Gasteiger partial charge in [0.1, 0.15) is 4.60 Å². The van der Waals surface area contributed by atoms with Crippen LogP contribution >= 0.6 is 15.9 Å². The fourth-order valence-electron chi connectivity index (χ4n) is 1.16. The lowest BCUT2D eigenvalue weighted by Gasteiger charge is -2.05. The van der Waals surface area contributed by atoms with Gasteiger partial charge in [-0.15, -0.1) is 0 Å².